The number of carboxylic acids is 1. The van der Waals surface area contributed by atoms with Gasteiger partial charge in [-0.1, -0.05) is 37.3 Å². The Kier molecular flexibility index (Phi) is 7.90. The zero-order valence-electron chi connectivity index (χ0n) is 12.6. The molecular weight excluding hydrogens is 286 g/mol. The second-order valence-corrected chi connectivity index (χ2v) is 6.01. The zero-order valence-corrected chi connectivity index (χ0v) is 13.4. The Morgan fingerprint density at radius 1 is 1.29 bits per heavy atom. The standard InChI is InChI=1S/C16H23NO3S/c1-13(12-21-2)16(20)17(10-6-9-15(18)19)11-14-7-4-3-5-8-14/h3-5,7-8,13H,6,9-12H2,1-2H3,(H,18,19). The summed E-state index contributed by atoms with van der Waals surface area (Å²) in [5.41, 5.74) is 1.07. The minimum Gasteiger partial charge on any atom is -0.481 e. The van der Waals surface area contributed by atoms with Crippen LogP contribution in [-0.2, 0) is 16.1 Å². The number of nitrogens with zero attached hydrogens (tertiary/aromatic N) is 1. The number of benzene rings is 1. The van der Waals surface area contributed by atoms with Crippen LogP contribution in [0, 0.1) is 5.92 Å². The molecule has 1 unspecified atom stereocenters. The number of hydrogen-bond acceptors (Lipinski definition) is 3. The third-order valence-corrected chi connectivity index (χ3v) is 4.02. The normalized spacial score (nSPS) is 11.9. The highest BCUT2D eigenvalue weighted by molar-refractivity contribution is 7.98. The molecule has 0 aliphatic heterocycles. The Bertz CT molecular complexity index is 450. The fraction of sp³-hybridized carbons (Fsp3) is 0.500. The Hall–Kier alpha value is -1.49. The second kappa shape index (κ2) is 9.45. The first-order valence-corrected chi connectivity index (χ1v) is 8.47. The van der Waals surface area contributed by atoms with Crippen LogP contribution in [0.1, 0.15) is 25.3 Å². The lowest BCUT2D eigenvalue weighted by atomic mass is 10.1. The van der Waals surface area contributed by atoms with Crippen molar-refractivity contribution in [2.75, 3.05) is 18.6 Å². The number of rotatable bonds is 9. The predicted molar refractivity (Wildman–Crippen MR) is 86.3 cm³/mol. The van der Waals surface area contributed by atoms with Gasteiger partial charge in [0.1, 0.15) is 0 Å². The minimum atomic E-state index is -0.820. The summed E-state index contributed by atoms with van der Waals surface area (Å²) in [6.07, 6.45) is 2.56. The summed E-state index contributed by atoms with van der Waals surface area (Å²) in [5, 5.41) is 8.74. The van der Waals surface area contributed by atoms with Gasteiger partial charge in [-0.25, -0.2) is 0 Å². The van der Waals surface area contributed by atoms with Crippen molar-refractivity contribution in [2.24, 2.45) is 5.92 Å². The van der Waals surface area contributed by atoms with Crippen molar-refractivity contribution in [2.45, 2.75) is 26.3 Å². The molecular formula is C16H23NO3S. The Morgan fingerprint density at radius 2 is 1.95 bits per heavy atom. The van der Waals surface area contributed by atoms with Crippen LogP contribution >= 0.6 is 11.8 Å². The number of carbonyl (C=O) groups is 2. The molecule has 0 aliphatic carbocycles. The Balaban J connectivity index is 2.69. The van der Waals surface area contributed by atoms with Gasteiger partial charge < -0.3 is 10.0 Å². The summed E-state index contributed by atoms with van der Waals surface area (Å²) in [6, 6.07) is 9.80. The van der Waals surface area contributed by atoms with Crippen LogP contribution in [0.5, 0.6) is 0 Å². The van der Waals surface area contributed by atoms with Crippen LogP contribution in [0.4, 0.5) is 0 Å². The molecule has 0 bridgehead atoms. The third-order valence-electron chi connectivity index (χ3n) is 3.18. The van der Waals surface area contributed by atoms with E-state index in [2.05, 4.69) is 0 Å². The first kappa shape index (κ1) is 17.6. The summed E-state index contributed by atoms with van der Waals surface area (Å²) in [6.45, 7) is 2.95. The van der Waals surface area contributed by atoms with Crippen LogP contribution in [0.25, 0.3) is 0 Å². The molecule has 0 saturated carbocycles. The first-order chi connectivity index (χ1) is 10.0. The molecule has 1 rings (SSSR count). The molecule has 1 aromatic rings. The number of aliphatic carboxylic acids is 1. The molecule has 4 nitrogen and oxygen atoms in total. The maximum atomic E-state index is 12.5. The van der Waals surface area contributed by atoms with Crippen LogP contribution in [0.15, 0.2) is 30.3 Å². The summed E-state index contributed by atoms with van der Waals surface area (Å²) >= 11 is 1.65. The van der Waals surface area contributed by atoms with Gasteiger partial charge in [0, 0.05) is 31.2 Å². The first-order valence-electron chi connectivity index (χ1n) is 7.08. The lowest BCUT2D eigenvalue weighted by Crippen LogP contribution is -2.36. The van der Waals surface area contributed by atoms with Crippen molar-refractivity contribution in [1.82, 2.24) is 4.90 Å². The molecule has 0 spiro atoms. The Morgan fingerprint density at radius 3 is 2.52 bits per heavy atom. The highest BCUT2D eigenvalue weighted by atomic mass is 32.2. The molecule has 21 heavy (non-hydrogen) atoms. The summed E-state index contributed by atoms with van der Waals surface area (Å²) < 4.78 is 0. The summed E-state index contributed by atoms with van der Waals surface area (Å²) in [5.74, 6) is 0.00896. The van der Waals surface area contributed by atoms with E-state index < -0.39 is 5.97 Å². The summed E-state index contributed by atoms with van der Waals surface area (Å²) in [7, 11) is 0. The number of carbonyl (C=O) groups excluding carboxylic acids is 1. The molecule has 0 fully saturated rings. The maximum absolute atomic E-state index is 12.5. The SMILES string of the molecule is CSCC(C)C(=O)N(CCCC(=O)O)Cc1ccccc1. The van der Waals surface area contributed by atoms with E-state index in [0.29, 0.717) is 19.5 Å². The van der Waals surface area contributed by atoms with Gasteiger partial charge >= 0.3 is 5.97 Å². The average Bonchev–Trinajstić information content (AvgIpc) is 2.46. The molecule has 1 N–H and O–H groups in total. The van der Waals surface area contributed by atoms with Gasteiger partial charge in [-0.05, 0) is 18.2 Å². The van der Waals surface area contributed by atoms with Crippen molar-refractivity contribution in [1.29, 1.82) is 0 Å². The fourth-order valence-corrected chi connectivity index (χ4v) is 2.77. The molecule has 0 saturated heterocycles. The molecule has 1 amide bonds. The monoisotopic (exact) mass is 309 g/mol. The van der Waals surface area contributed by atoms with Crippen molar-refractivity contribution < 1.29 is 14.7 Å². The summed E-state index contributed by atoms with van der Waals surface area (Å²) in [4.78, 5) is 24.9. The smallest absolute Gasteiger partial charge is 0.303 e. The second-order valence-electron chi connectivity index (χ2n) is 5.10. The van der Waals surface area contributed by atoms with Gasteiger partial charge in [-0.3, -0.25) is 9.59 Å². The molecule has 0 aromatic heterocycles. The number of hydrogen-bond donors (Lipinski definition) is 1. The fourth-order valence-electron chi connectivity index (χ4n) is 2.13. The van der Waals surface area contributed by atoms with E-state index in [1.807, 2.05) is 43.5 Å². The molecule has 5 heteroatoms. The topological polar surface area (TPSA) is 57.6 Å². The zero-order chi connectivity index (χ0) is 15.7. The molecule has 1 atom stereocenters. The largest absolute Gasteiger partial charge is 0.481 e. The molecule has 0 heterocycles. The van der Waals surface area contributed by atoms with E-state index in [1.54, 1.807) is 16.7 Å². The van der Waals surface area contributed by atoms with Gasteiger partial charge in [0.25, 0.3) is 0 Å². The van der Waals surface area contributed by atoms with Crippen LogP contribution < -0.4 is 0 Å². The van der Waals surface area contributed by atoms with Crippen LogP contribution in [-0.4, -0.2) is 40.4 Å². The van der Waals surface area contributed by atoms with Crippen molar-refractivity contribution >= 4 is 23.6 Å². The van der Waals surface area contributed by atoms with Crippen LogP contribution in [0.3, 0.4) is 0 Å². The third kappa shape index (κ3) is 6.67. The highest BCUT2D eigenvalue weighted by Crippen LogP contribution is 2.13. The van der Waals surface area contributed by atoms with E-state index in [-0.39, 0.29) is 18.2 Å². The van der Waals surface area contributed by atoms with Gasteiger partial charge in [-0.2, -0.15) is 11.8 Å². The van der Waals surface area contributed by atoms with Gasteiger partial charge in [0.15, 0.2) is 0 Å². The van der Waals surface area contributed by atoms with E-state index in [1.165, 1.54) is 0 Å². The van der Waals surface area contributed by atoms with Gasteiger partial charge in [0.05, 0.1) is 0 Å². The number of amides is 1. The maximum Gasteiger partial charge on any atom is 0.303 e. The molecule has 0 aliphatic rings. The van der Waals surface area contributed by atoms with E-state index in [4.69, 9.17) is 5.11 Å². The quantitative estimate of drug-likeness (QED) is 0.762. The van der Waals surface area contributed by atoms with Crippen molar-refractivity contribution in [3.05, 3.63) is 35.9 Å². The highest BCUT2D eigenvalue weighted by Gasteiger charge is 2.20. The lowest BCUT2D eigenvalue weighted by Gasteiger charge is -2.25. The van der Waals surface area contributed by atoms with E-state index in [0.717, 1.165) is 11.3 Å². The predicted octanol–water partition coefficient (Wildman–Crippen LogP) is 2.88. The van der Waals surface area contributed by atoms with Crippen molar-refractivity contribution in [3.8, 4) is 0 Å². The average molecular weight is 309 g/mol. The lowest BCUT2D eigenvalue weighted by molar-refractivity contribution is -0.139. The van der Waals surface area contributed by atoms with Crippen LogP contribution in [0.2, 0.25) is 0 Å². The van der Waals surface area contributed by atoms with Gasteiger partial charge in [-0.15, -0.1) is 0 Å². The van der Waals surface area contributed by atoms with E-state index >= 15 is 0 Å². The molecule has 1 aromatic carbocycles. The Labute approximate surface area is 130 Å². The van der Waals surface area contributed by atoms with Crippen molar-refractivity contribution in [3.63, 3.8) is 0 Å². The molecule has 116 valence electrons. The minimum absolute atomic E-state index is 0.0476. The molecule has 0 radical (unpaired) electrons. The number of thioether (sulfide) groups is 1. The number of carboxylic acid groups (broad SMARTS) is 1. The van der Waals surface area contributed by atoms with E-state index in [9.17, 15) is 9.59 Å². The van der Waals surface area contributed by atoms with Gasteiger partial charge in [0.2, 0.25) is 5.91 Å².